The van der Waals surface area contributed by atoms with E-state index < -0.39 is 80.2 Å². The third kappa shape index (κ3) is 5.25. The minimum Gasteiger partial charge on any atom is -0.394 e. The molecule has 11 nitrogen and oxygen atoms in total. The summed E-state index contributed by atoms with van der Waals surface area (Å²) in [5.41, 5.74) is -0.615. The van der Waals surface area contributed by atoms with Gasteiger partial charge < -0.3 is 54.7 Å². The minimum absolute atomic E-state index is 0.597. The fourth-order valence-corrected chi connectivity index (χ4v) is 3.35. The Labute approximate surface area is 169 Å². The summed E-state index contributed by atoms with van der Waals surface area (Å²) in [6.07, 6.45) is -13.2. The van der Waals surface area contributed by atoms with E-state index >= 15 is 0 Å². The fourth-order valence-electron chi connectivity index (χ4n) is 3.35. The predicted octanol–water partition coefficient (Wildman–Crippen LogP) is -2.79. The molecule has 0 aliphatic carbocycles. The van der Waals surface area contributed by atoms with Crippen molar-refractivity contribution in [3.05, 3.63) is 0 Å². The van der Waals surface area contributed by atoms with Gasteiger partial charge in [0.15, 0.2) is 12.6 Å². The number of ether oxygens (including phenoxy) is 4. The first kappa shape index (κ1) is 24.8. The van der Waals surface area contributed by atoms with Crippen LogP contribution in [0.25, 0.3) is 0 Å². The molecule has 29 heavy (non-hydrogen) atoms. The first-order valence-corrected chi connectivity index (χ1v) is 9.88. The van der Waals surface area contributed by atoms with Gasteiger partial charge in [0.2, 0.25) is 0 Å². The Kier molecular flexibility index (Phi) is 8.77. The first-order valence-electron chi connectivity index (χ1n) is 9.88. The van der Waals surface area contributed by atoms with Gasteiger partial charge in [0.1, 0.15) is 48.8 Å². The molecule has 2 saturated heterocycles. The summed E-state index contributed by atoms with van der Waals surface area (Å²) in [7, 11) is 0. The summed E-state index contributed by atoms with van der Waals surface area (Å²) >= 11 is 0. The molecule has 10 unspecified atom stereocenters. The molecule has 0 bridgehead atoms. The lowest BCUT2D eigenvalue weighted by atomic mass is 9.96. The van der Waals surface area contributed by atoms with Gasteiger partial charge in [-0.05, 0) is 19.8 Å². The van der Waals surface area contributed by atoms with Crippen LogP contribution in [-0.4, -0.2) is 116 Å². The van der Waals surface area contributed by atoms with Gasteiger partial charge >= 0.3 is 0 Å². The minimum atomic E-state index is -1.70. The predicted molar refractivity (Wildman–Crippen MR) is 96.5 cm³/mol. The molecular formula is C18H34O11. The molecule has 0 aromatic carbocycles. The van der Waals surface area contributed by atoms with Crippen molar-refractivity contribution in [2.75, 3.05) is 13.2 Å². The van der Waals surface area contributed by atoms with Gasteiger partial charge in [-0.2, -0.15) is 0 Å². The van der Waals surface area contributed by atoms with Crippen molar-refractivity contribution in [1.82, 2.24) is 0 Å². The molecule has 0 radical (unpaired) electrons. The summed E-state index contributed by atoms with van der Waals surface area (Å²) in [5, 5.41) is 69.8. The third-order valence-electron chi connectivity index (χ3n) is 5.86. The topological polar surface area (TPSA) is 179 Å². The number of aliphatic hydroxyl groups excluding tert-OH is 7. The highest BCUT2D eigenvalue weighted by Gasteiger charge is 2.51. The number of aliphatic hydroxyl groups is 7. The van der Waals surface area contributed by atoms with Crippen LogP contribution in [-0.2, 0) is 18.9 Å². The third-order valence-corrected chi connectivity index (χ3v) is 5.86. The maximum atomic E-state index is 10.6. The van der Waals surface area contributed by atoms with E-state index in [2.05, 4.69) is 0 Å². The van der Waals surface area contributed by atoms with Crippen molar-refractivity contribution >= 4 is 0 Å². The second-order valence-electron chi connectivity index (χ2n) is 7.78. The number of rotatable bonds is 8. The smallest absolute Gasteiger partial charge is 0.187 e. The van der Waals surface area contributed by atoms with Gasteiger partial charge in [0.25, 0.3) is 0 Å². The van der Waals surface area contributed by atoms with Crippen LogP contribution in [0.1, 0.15) is 33.6 Å². The van der Waals surface area contributed by atoms with Crippen LogP contribution in [0.3, 0.4) is 0 Å². The molecular weight excluding hydrogens is 392 g/mol. The van der Waals surface area contributed by atoms with Crippen molar-refractivity contribution in [2.45, 2.75) is 101 Å². The fraction of sp³-hybridized carbons (Fsp3) is 1.00. The molecule has 11 heteroatoms. The van der Waals surface area contributed by atoms with Gasteiger partial charge in [-0.3, -0.25) is 0 Å². The summed E-state index contributed by atoms with van der Waals surface area (Å²) in [4.78, 5) is 0. The standard InChI is InChI=1S/C18H34O11/c1-4-18(3,5-2)29-17-14(25)12(23)15(9(7-20)27-17)28-16-13(24)11(22)10(21)8(6-19)26-16/h8-17,19-25H,4-7H2,1-3H3. The Bertz CT molecular complexity index is 498. The number of hydrogen-bond acceptors (Lipinski definition) is 11. The van der Waals surface area contributed by atoms with Crippen LogP contribution >= 0.6 is 0 Å². The van der Waals surface area contributed by atoms with E-state index in [0.29, 0.717) is 12.8 Å². The zero-order valence-corrected chi connectivity index (χ0v) is 16.9. The van der Waals surface area contributed by atoms with Crippen LogP contribution in [0.5, 0.6) is 0 Å². The Morgan fingerprint density at radius 2 is 1.24 bits per heavy atom. The average Bonchev–Trinajstić information content (AvgIpc) is 2.73. The van der Waals surface area contributed by atoms with Crippen molar-refractivity contribution < 1.29 is 54.7 Å². The normalized spacial score (nSPS) is 44.1. The van der Waals surface area contributed by atoms with Gasteiger partial charge in [-0.1, -0.05) is 13.8 Å². The maximum absolute atomic E-state index is 10.6. The van der Waals surface area contributed by atoms with E-state index in [1.807, 2.05) is 20.8 Å². The second-order valence-corrected chi connectivity index (χ2v) is 7.78. The van der Waals surface area contributed by atoms with E-state index in [0.717, 1.165) is 0 Å². The molecule has 2 aliphatic rings. The average molecular weight is 426 g/mol. The Morgan fingerprint density at radius 3 is 1.76 bits per heavy atom. The molecule has 0 spiro atoms. The monoisotopic (exact) mass is 426 g/mol. The quantitative estimate of drug-likeness (QED) is 0.213. The highest BCUT2D eigenvalue weighted by Crippen LogP contribution is 2.32. The summed E-state index contributed by atoms with van der Waals surface area (Å²) < 4.78 is 22.2. The molecule has 0 amide bonds. The van der Waals surface area contributed by atoms with E-state index in [4.69, 9.17) is 18.9 Å². The molecule has 2 heterocycles. The Balaban J connectivity index is 2.13. The van der Waals surface area contributed by atoms with Gasteiger partial charge in [-0.15, -0.1) is 0 Å². The van der Waals surface area contributed by atoms with Crippen LogP contribution in [0.2, 0.25) is 0 Å². The number of hydrogen-bond donors (Lipinski definition) is 7. The van der Waals surface area contributed by atoms with Gasteiger partial charge in [-0.25, -0.2) is 0 Å². The SMILES string of the molecule is CCC(C)(CC)OC1OC(CO)C(OC2OC(CO)C(O)C(O)C2O)C(O)C1O. The zero-order chi connectivity index (χ0) is 21.9. The molecule has 2 fully saturated rings. The molecule has 0 aromatic rings. The lowest BCUT2D eigenvalue weighted by Crippen LogP contribution is -2.65. The summed E-state index contributed by atoms with van der Waals surface area (Å²) in [6, 6.07) is 0. The molecule has 7 N–H and O–H groups in total. The zero-order valence-electron chi connectivity index (χ0n) is 16.9. The maximum Gasteiger partial charge on any atom is 0.187 e. The first-order chi connectivity index (χ1) is 13.6. The van der Waals surface area contributed by atoms with Crippen molar-refractivity contribution in [1.29, 1.82) is 0 Å². The van der Waals surface area contributed by atoms with Crippen molar-refractivity contribution in [3.63, 3.8) is 0 Å². The molecule has 0 aromatic heterocycles. The highest BCUT2D eigenvalue weighted by molar-refractivity contribution is 4.94. The van der Waals surface area contributed by atoms with E-state index in [1.165, 1.54) is 0 Å². The summed E-state index contributed by atoms with van der Waals surface area (Å²) in [6.45, 7) is 4.40. The largest absolute Gasteiger partial charge is 0.394 e. The van der Waals surface area contributed by atoms with E-state index in [9.17, 15) is 35.7 Å². The highest BCUT2D eigenvalue weighted by atomic mass is 16.7. The van der Waals surface area contributed by atoms with Crippen LogP contribution < -0.4 is 0 Å². The molecule has 2 rings (SSSR count). The molecule has 2 aliphatic heterocycles. The van der Waals surface area contributed by atoms with Crippen LogP contribution in [0.4, 0.5) is 0 Å². The Hall–Kier alpha value is -0.440. The second kappa shape index (κ2) is 10.2. The van der Waals surface area contributed by atoms with Crippen LogP contribution in [0.15, 0.2) is 0 Å². The lowest BCUT2D eigenvalue weighted by molar-refractivity contribution is -0.368. The van der Waals surface area contributed by atoms with Crippen LogP contribution in [0, 0.1) is 0 Å². The van der Waals surface area contributed by atoms with Gasteiger partial charge in [0, 0.05) is 0 Å². The van der Waals surface area contributed by atoms with Crippen molar-refractivity contribution in [2.24, 2.45) is 0 Å². The lowest BCUT2D eigenvalue weighted by Gasteiger charge is -2.47. The molecule has 172 valence electrons. The van der Waals surface area contributed by atoms with Gasteiger partial charge in [0.05, 0.1) is 18.8 Å². The van der Waals surface area contributed by atoms with E-state index in [-0.39, 0.29) is 0 Å². The van der Waals surface area contributed by atoms with Crippen molar-refractivity contribution in [3.8, 4) is 0 Å². The molecule has 0 saturated carbocycles. The van der Waals surface area contributed by atoms with E-state index in [1.54, 1.807) is 0 Å². The summed E-state index contributed by atoms with van der Waals surface area (Å²) in [5.74, 6) is 0. The Morgan fingerprint density at radius 1 is 0.724 bits per heavy atom. The molecule has 10 atom stereocenters.